The fraction of sp³-hybridized carbons (Fsp3) is 0.333. The van der Waals surface area contributed by atoms with Gasteiger partial charge in [-0.15, -0.1) is 0 Å². The van der Waals surface area contributed by atoms with E-state index >= 15 is 0 Å². The Hall–Kier alpha value is -2.04. The van der Waals surface area contributed by atoms with Crippen molar-refractivity contribution in [3.8, 4) is 5.75 Å². The van der Waals surface area contributed by atoms with E-state index in [0.29, 0.717) is 5.56 Å². The summed E-state index contributed by atoms with van der Waals surface area (Å²) in [5.74, 6) is -1.46. The number of benzene rings is 1. The minimum atomic E-state index is -1.10. The molecule has 0 spiro atoms. The molecule has 1 atom stereocenters. The summed E-state index contributed by atoms with van der Waals surface area (Å²) >= 11 is 0. The van der Waals surface area contributed by atoms with Crippen molar-refractivity contribution in [3.63, 3.8) is 0 Å². The Morgan fingerprint density at radius 3 is 2.53 bits per heavy atom. The molecule has 0 radical (unpaired) electrons. The monoisotopic (exact) mass is 238 g/mol. The SMILES string of the molecule is COC(=O)C(C)Oc1c(C)cccc1C(=O)O. The molecule has 5 heteroatoms. The number of carboxylic acids is 1. The zero-order valence-electron chi connectivity index (χ0n) is 9.89. The second kappa shape index (κ2) is 5.34. The third-order valence-corrected chi connectivity index (χ3v) is 2.27. The topological polar surface area (TPSA) is 72.8 Å². The highest BCUT2D eigenvalue weighted by Gasteiger charge is 2.20. The molecule has 17 heavy (non-hydrogen) atoms. The van der Waals surface area contributed by atoms with Crippen LogP contribution in [0.3, 0.4) is 0 Å². The lowest BCUT2D eigenvalue weighted by Crippen LogP contribution is -2.26. The van der Waals surface area contributed by atoms with E-state index < -0.39 is 18.0 Å². The predicted octanol–water partition coefficient (Wildman–Crippen LogP) is 1.63. The van der Waals surface area contributed by atoms with Crippen LogP contribution in [0.1, 0.15) is 22.8 Å². The summed E-state index contributed by atoms with van der Waals surface area (Å²) in [4.78, 5) is 22.2. The molecular weight excluding hydrogens is 224 g/mol. The minimum Gasteiger partial charge on any atom is -0.478 e. The van der Waals surface area contributed by atoms with Gasteiger partial charge in [0.15, 0.2) is 6.10 Å². The van der Waals surface area contributed by atoms with Crippen LogP contribution in [0.15, 0.2) is 18.2 Å². The molecule has 0 aliphatic rings. The van der Waals surface area contributed by atoms with Gasteiger partial charge in [0.25, 0.3) is 0 Å². The van der Waals surface area contributed by atoms with Crippen LogP contribution in [-0.4, -0.2) is 30.3 Å². The van der Waals surface area contributed by atoms with E-state index in [2.05, 4.69) is 4.74 Å². The molecule has 0 saturated carbocycles. The second-order valence-electron chi connectivity index (χ2n) is 3.54. The van der Waals surface area contributed by atoms with Crippen molar-refractivity contribution in [2.24, 2.45) is 0 Å². The van der Waals surface area contributed by atoms with E-state index in [1.165, 1.54) is 20.1 Å². The lowest BCUT2D eigenvalue weighted by atomic mass is 10.1. The van der Waals surface area contributed by atoms with Crippen molar-refractivity contribution in [1.82, 2.24) is 0 Å². The Morgan fingerprint density at radius 1 is 1.35 bits per heavy atom. The maximum Gasteiger partial charge on any atom is 0.346 e. The number of carbonyl (C=O) groups excluding carboxylic acids is 1. The maximum atomic E-state index is 11.2. The molecule has 1 rings (SSSR count). The van der Waals surface area contributed by atoms with Gasteiger partial charge in [-0.05, 0) is 25.5 Å². The van der Waals surface area contributed by atoms with Crippen molar-refractivity contribution in [1.29, 1.82) is 0 Å². The van der Waals surface area contributed by atoms with E-state index in [4.69, 9.17) is 9.84 Å². The molecule has 0 saturated heterocycles. The van der Waals surface area contributed by atoms with Crippen molar-refractivity contribution in [2.75, 3.05) is 7.11 Å². The molecule has 0 aromatic heterocycles. The number of carboxylic acid groups (broad SMARTS) is 1. The lowest BCUT2D eigenvalue weighted by molar-refractivity contribution is -0.147. The smallest absolute Gasteiger partial charge is 0.346 e. The van der Waals surface area contributed by atoms with Crippen LogP contribution in [-0.2, 0) is 9.53 Å². The van der Waals surface area contributed by atoms with Crippen LogP contribution < -0.4 is 4.74 Å². The molecule has 0 aliphatic carbocycles. The predicted molar refractivity (Wildman–Crippen MR) is 60.2 cm³/mol. The number of para-hydroxylation sites is 1. The van der Waals surface area contributed by atoms with Crippen molar-refractivity contribution >= 4 is 11.9 Å². The Balaban J connectivity index is 3.05. The molecule has 92 valence electrons. The summed E-state index contributed by atoms with van der Waals surface area (Å²) in [7, 11) is 1.25. The first kappa shape index (κ1) is 13.0. The molecular formula is C12H14O5. The molecule has 0 aliphatic heterocycles. The fourth-order valence-electron chi connectivity index (χ4n) is 1.37. The molecule has 0 fully saturated rings. The van der Waals surface area contributed by atoms with E-state index in [1.54, 1.807) is 19.1 Å². The number of rotatable bonds is 4. The van der Waals surface area contributed by atoms with Crippen LogP contribution in [0, 0.1) is 6.92 Å². The highest BCUT2D eigenvalue weighted by atomic mass is 16.6. The number of hydrogen-bond donors (Lipinski definition) is 1. The van der Waals surface area contributed by atoms with Gasteiger partial charge in [0, 0.05) is 0 Å². The van der Waals surface area contributed by atoms with Gasteiger partial charge in [-0.2, -0.15) is 0 Å². The molecule has 1 aromatic carbocycles. The Morgan fingerprint density at radius 2 is 2.00 bits per heavy atom. The second-order valence-corrected chi connectivity index (χ2v) is 3.54. The Labute approximate surface area is 99.0 Å². The zero-order chi connectivity index (χ0) is 13.0. The largest absolute Gasteiger partial charge is 0.478 e. The average molecular weight is 238 g/mol. The highest BCUT2D eigenvalue weighted by molar-refractivity contribution is 5.91. The van der Waals surface area contributed by atoms with Gasteiger partial charge in [0.2, 0.25) is 0 Å². The zero-order valence-corrected chi connectivity index (χ0v) is 9.89. The van der Waals surface area contributed by atoms with Crippen LogP contribution in [0.25, 0.3) is 0 Å². The van der Waals surface area contributed by atoms with Crippen molar-refractivity contribution < 1.29 is 24.2 Å². The Kier molecular flexibility index (Phi) is 4.09. The molecule has 0 bridgehead atoms. The van der Waals surface area contributed by atoms with E-state index in [0.717, 1.165) is 0 Å². The van der Waals surface area contributed by atoms with Gasteiger partial charge in [-0.25, -0.2) is 9.59 Å². The number of ether oxygens (including phenoxy) is 2. The normalized spacial score (nSPS) is 11.7. The third kappa shape index (κ3) is 2.96. The number of methoxy groups -OCH3 is 1. The first-order valence-electron chi connectivity index (χ1n) is 5.04. The van der Waals surface area contributed by atoms with Crippen molar-refractivity contribution in [3.05, 3.63) is 29.3 Å². The Bertz CT molecular complexity index is 439. The van der Waals surface area contributed by atoms with E-state index in [9.17, 15) is 9.59 Å². The maximum absolute atomic E-state index is 11.2. The summed E-state index contributed by atoms with van der Waals surface area (Å²) in [6.07, 6.45) is -0.848. The average Bonchev–Trinajstić information content (AvgIpc) is 2.30. The molecule has 1 aromatic rings. The number of esters is 1. The number of aromatic carboxylic acids is 1. The summed E-state index contributed by atoms with van der Waals surface area (Å²) < 4.78 is 9.85. The third-order valence-electron chi connectivity index (χ3n) is 2.27. The number of aryl methyl sites for hydroxylation is 1. The summed E-state index contributed by atoms with van der Waals surface area (Å²) in [6.45, 7) is 3.22. The summed E-state index contributed by atoms with van der Waals surface area (Å²) in [5.41, 5.74) is 0.682. The van der Waals surface area contributed by atoms with E-state index in [-0.39, 0.29) is 11.3 Å². The number of hydrogen-bond acceptors (Lipinski definition) is 4. The standard InChI is InChI=1S/C12H14O5/c1-7-5-4-6-9(11(13)14)10(7)17-8(2)12(15)16-3/h4-6,8H,1-3H3,(H,13,14). The lowest BCUT2D eigenvalue weighted by Gasteiger charge is -2.16. The quantitative estimate of drug-likeness (QED) is 0.807. The number of carbonyl (C=O) groups is 2. The first-order chi connectivity index (χ1) is 7.97. The van der Waals surface area contributed by atoms with Gasteiger partial charge in [-0.1, -0.05) is 12.1 Å². The van der Waals surface area contributed by atoms with Gasteiger partial charge in [0.05, 0.1) is 7.11 Å². The van der Waals surface area contributed by atoms with Gasteiger partial charge >= 0.3 is 11.9 Å². The summed E-state index contributed by atoms with van der Waals surface area (Å²) in [5, 5.41) is 9.00. The molecule has 1 unspecified atom stereocenters. The van der Waals surface area contributed by atoms with Gasteiger partial charge < -0.3 is 14.6 Å². The van der Waals surface area contributed by atoms with Gasteiger partial charge in [0.1, 0.15) is 11.3 Å². The van der Waals surface area contributed by atoms with Crippen molar-refractivity contribution in [2.45, 2.75) is 20.0 Å². The van der Waals surface area contributed by atoms with Crippen LogP contribution in [0.4, 0.5) is 0 Å². The van der Waals surface area contributed by atoms with E-state index in [1.807, 2.05) is 0 Å². The molecule has 5 nitrogen and oxygen atoms in total. The van der Waals surface area contributed by atoms with Gasteiger partial charge in [-0.3, -0.25) is 0 Å². The minimum absolute atomic E-state index is 0.0285. The van der Waals surface area contributed by atoms with Crippen LogP contribution in [0.5, 0.6) is 5.75 Å². The van der Waals surface area contributed by atoms with Crippen LogP contribution in [0.2, 0.25) is 0 Å². The molecule has 0 amide bonds. The fourth-order valence-corrected chi connectivity index (χ4v) is 1.37. The first-order valence-corrected chi connectivity index (χ1v) is 5.04. The summed E-state index contributed by atoms with van der Waals surface area (Å²) in [6, 6.07) is 4.76. The highest BCUT2D eigenvalue weighted by Crippen LogP contribution is 2.24. The van der Waals surface area contributed by atoms with Crippen LogP contribution >= 0.6 is 0 Å². The molecule has 0 heterocycles. The molecule has 1 N–H and O–H groups in total.